The lowest BCUT2D eigenvalue weighted by Gasteiger charge is -2.18. The van der Waals surface area contributed by atoms with Crippen LogP contribution < -0.4 is 5.32 Å². The zero-order chi connectivity index (χ0) is 31.4. The van der Waals surface area contributed by atoms with Crippen LogP contribution in [-0.4, -0.2) is 60.8 Å². The number of carbonyl (C=O) groups is 1. The molecule has 6 aliphatic rings. The Kier molecular flexibility index (Phi) is 7.80. The molecule has 0 aromatic heterocycles. The van der Waals surface area contributed by atoms with E-state index in [4.69, 9.17) is 24.5 Å². The highest BCUT2D eigenvalue weighted by atomic mass is 16.5. The van der Waals surface area contributed by atoms with Gasteiger partial charge in [0.1, 0.15) is 5.76 Å². The van der Waals surface area contributed by atoms with E-state index in [1.807, 2.05) is 26.0 Å². The number of hydrogen-bond donors (Lipinski definition) is 3. The molecule has 5 aliphatic heterocycles. The van der Waals surface area contributed by atoms with E-state index in [-0.39, 0.29) is 30.8 Å². The minimum atomic E-state index is -0.264. The van der Waals surface area contributed by atoms with Gasteiger partial charge in [-0.05, 0) is 68.1 Å². The van der Waals surface area contributed by atoms with Gasteiger partial charge in [-0.1, -0.05) is 13.8 Å². The van der Waals surface area contributed by atoms with Crippen LogP contribution in [0.15, 0.2) is 106 Å². The third-order valence-electron chi connectivity index (χ3n) is 9.75. The Morgan fingerprint density at radius 3 is 2.41 bits per heavy atom. The fourth-order valence-electron chi connectivity index (χ4n) is 7.29. The third-order valence-corrected chi connectivity index (χ3v) is 9.75. The van der Waals surface area contributed by atoms with Gasteiger partial charge in [0, 0.05) is 65.5 Å². The lowest BCUT2D eigenvalue weighted by molar-refractivity contribution is -0.140. The van der Waals surface area contributed by atoms with Gasteiger partial charge in [-0.15, -0.1) is 0 Å². The summed E-state index contributed by atoms with van der Waals surface area (Å²) in [5, 5.41) is 25.5. The van der Waals surface area contributed by atoms with E-state index in [0.29, 0.717) is 30.9 Å². The first kappa shape index (κ1) is 30.0. The maximum atomic E-state index is 12.3. The van der Waals surface area contributed by atoms with Gasteiger partial charge in [-0.3, -0.25) is 4.79 Å². The molecule has 0 aromatic carbocycles. The molecule has 5 heterocycles. The van der Waals surface area contributed by atoms with Crippen molar-refractivity contribution in [3.05, 3.63) is 91.0 Å². The number of carbonyl (C=O) groups excluding carboxylic acids is 1. The first-order valence-corrected chi connectivity index (χ1v) is 15.3. The molecule has 6 rings (SSSR count). The van der Waals surface area contributed by atoms with Crippen molar-refractivity contribution in [1.82, 2.24) is 5.32 Å². The number of nitrogens with zero attached hydrogens (tertiary/aromatic N) is 3. The zero-order valence-electron chi connectivity index (χ0n) is 26.5. The van der Waals surface area contributed by atoms with Gasteiger partial charge in [0.25, 0.3) is 0 Å². The van der Waals surface area contributed by atoms with Gasteiger partial charge < -0.3 is 25.0 Å². The smallest absolute Gasteiger partial charge is 0.305 e. The number of rotatable bonds is 7. The molecule has 0 amide bonds. The molecule has 1 aliphatic carbocycles. The van der Waals surface area contributed by atoms with Crippen molar-refractivity contribution in [3.63, 3.8) is 0 Å². The van der Waals surface area contributed by atoms with Crippen LogP contribution in [0.5, 0.6) is 0 Å². The van der Waals surface area contributed by atoms with Gasteiger partial charge in [0.05, 0.1) is 54.5 Å². The van der Waals surface area contributed by atoms with Crippen molar-refractivity contribution >= 4 is 23.1 Å². The van der Waals surface area contributed by atoms with Crippen molar-refractivity contribution < 1.29 is 24.5 Å². The predicted octanol–water partition coefficient (Wildman–Crippen LogP) is 5.62. The summed E-state index contributed by atoms with van der Waals surface area (Å²) in [6, 6.07) is 0. The molecule has 0 saturated carbocycles. The molecule has 0 radical (unpaired) electrons. The molecule has 1 saturated heterocycles. The average molecular weight is 597 g/mol. The molecule has 230 valence electrons. The van der Waals surface area contributed by atoms with E-state index in [1.165, 1.54) is 7.11 Å². The van der Waals surface area contributed by atoms with E-state index >= 15 is 0 Å². The van der Waals surface area contributed by atoms with Gasteiger partial charge in [0.15, 0.2) is 0 Å². The van der Waals surface area contributed by atoms with Crippen molar-refractivity contribution in [3.8, 4) is 0 Å². The second-order valence-corrected chi connectivity index (χ2v) is 12.1. The number of esters is 1. The third kappa shape index (κ3) is 4.61. The first-order valence-electron chi connectivity index (χ1n) is 15.3. The van der Waals surface area contributed by atoms with Crippen LogP contribution in [0, 0.1) is 11.8 Å². The largest absolute Gasteiger partial charge is 0.511 e. The lowest BCUT2D eigenvalue weighted by Crippen LogP contribution is -2.19. The standard InChI is InChI=1S/C35H40N4O5/c1-8-20-16(2)25-12-28-23(14-40)18(4)32(38-28)24(15-43-6)33-17(3)21(9-10-30(42)44-7)34(39-33)22-11-29(41)31-19(5)26(37-35(22)31)13-27(20)36-25/h12-13,17,21,39-41H,8-11,14-15H2,1-7H3/t17-,21-/m0/s1. The predicted molar refractivity (Wildman–Crippen MR) is 171 cm³/mol. The molecule has 9 nitrogen and oxygen atoms in total. The summed E-state index contributed by atoms with van der Waals surface area (Å²) in [5.41, 5.74) is 13.9. The van der Waals surface area contributed by atoms with E-state index in [1.54, 1.807) is 7.11 Å². The Morgan fingerprint density at radius 1 is 0.977 bits per heavy atom. The van der Waals surface area contributed by atoms with Crippen LogP contribution in [0.4, 0.5) is 0 Å². The second kappa shape index (κ2) is 11.4. The molecule has 8 bridgehead atoms. The van der Waals surface area contributed by atoms with Gasteiger partial charge >= 0.3 is 5.97 Å². The molecule has 0 aromatic rings. The fourth-order valence-corrected chi connectivity index (χ4v) is 7.29. The van der Waals surface area contributed by atoms with Crippen molar-refractivity contribution in [2.24, 2.45) is 26.8 Å². The summed E-state index contributed by atoms with van der Waals surface area (Å²) >= 11 is 0. The number of hydrogen-bond acceptors (Lipinski definition) is 9. The summed E-state index contributed by atoms with van der Waals surface area (Å²) in [5.74, 6) is -0.0479. The molecule has 0 unspecified atom stereocenters. The summed E-state index contributed by atoms with van der Waals surface area (Å²) in [7, 11) is 3.07. The summed E-state index contributed by atoms with van der Waals surface area (Å²) in [6.45, 7) is 10.5. The molecule has 9 heteroatoms. The number of ether oxygens (including phenoxy) is 2. The van der Waals surface area contributed by atoms with Crippen LogP contribution in [-0.2, 0) is 14.3 Å². The summed E-state index contributed by atoms with van der Waals surface area (Å²) in [4.78, 5) is 27.5. The van der Waals surface area contributed by atoms with Crippen molar-refractivity contribution in [2.75, 3.05) is 27.4 Å². The normalized spacial score (nSPS) is 24.4. The molecule has 0 spiro atoms. The van der Waals surface area contributed by atoms with E-state index < -0.39 is 0 Å². The maximum absolute atomic E-state index is 12.3. The minimum absolute atomic E-state index is 0.0226. The fraction of sp³-hybridized carbons (Fsp3) is 0.429. The quantitative estimate of drug-likeness (QED) is 0.328. The monoisotopic (exact) mass is 596 g/mol. The van der Waals surface area contributed by atoms with Gasteiger partial charge in [-0.25, -0.2) is 15.0 Å². The lowest BCUT2D eigenvalue weighted by atomic mass is 9.85. The number of allylic oxidation sites excluding steroid dienone is 10. The summed E-state index contributed by atoms with van der Waals surface area (Å²) in [6.07, 6.45) is 5.96. The number of methoxy groups -OCH3 is 2. The Bertz CT molecular complexity index is 1730. The van der Waals surface area contributed by atoms with Crippen LogP contribution in [0.25, 0.3) is 0 Å². The Labute approximate surface area is 258 Å². The first-order chi connectivity index (χ1) is 21.1. The van der Waals surface area contributed by atoms with Crippen molar-refractivity contribution in [1.29, 1.82) is 0 Å². The van der Waals surface area contributed by atoms with Crippen LogP contribution in [0.1, 0.15) is 60.3 Å². The summed E-state index contributed by atoms with van der Waals surface area (Å²) < 4.78 is 10.7. The van der Waals surface area contributed by atoms with E-state index in [2.05, 4.69) is 26.1 Å². The maximum Gasteiger partial charge on any atom is 0.305 e. The second-order valence-electron chi connectivity index (χ2n) is 12.1. The molecular formula is C35H40N4O5. The van der Waals surface area contributed by atoms with Crippen LogP contribution in [0.3, 0.4) is 0 Å². The van der Waals surface area contributed by atoms with Gasteiger partial charge in [-0.2, -0.15) is 0 Å². The number of fused-ring (bicyclic) bond motifs is 5. The van der Waals surface area contributed by atoms with Crippen LogP contribution in [0.2, 0.25) is 0 Å². The zero-order valence-corrected chi connectivity index (χ0v) is 26.5. The number of nitrogens with one attached hydrogen (secondary N) is 1. The van der Waals surface area contributed by atoms with E-state index in [0.717, 1.165) is 90.9 Å². The molecule has 3 N–H and O–H groups in total. The highest BCUT2D eigenvalue weighted by Gasteiger charge is 2.42. The Balaban J connectivity index is 1.65. The number of aliphatic imine (C=N–C) groups is 3. The van der Waals surface area contributed by atoms with Gasteiger partial charge in [0.2, 0.25) is 0 Å². The number of aliphatic hydroxyl groups is 2. The topological polar surface area (TPSA) is 125 Å². The molecule has 44 heavy (non-hydrogen) atoms. The highest BCUT2D eigenvalue weighted by molar-refractivity contribution is 6.21. The molecule has 2 atom stereocenters. The SMILES string of the molecule is CCC1=C(C)C2=NC1=CC1=C(C)C3=C(O)CC(=C4NC(=C(COC)C5=NC(=C2)C(CO)=C5C)[C@@H](C)[C@@H]4CCC(=O)OC)C3=N1. The minimum Gasteiger partial charge on any atom is -0.511 e. The molecular weight excluding hydrogens is 556 g/mol. The Morgan fingerprint density at radius 2 is 1.73 bits per heavy atom. The van der Waals surface area contributed by atoms with Crippen molar-refractivity contribution in [2.45, 2.75) is 60.3 Å². The van der Waals surface area contributed by atoms with E-state index in [9.17, 15) is 15.0 Å². The average Bonchev–Trinajstić information content (AvgIpc) is 3.76. The molecule has 1 fully saturated rings. The Hall–Kier alpha value is -4.08. The number of aliphatic hydroxyl groups excluding tert-OH is 2. The highest BCUT2D eigenvalue weighted by Crippen LogP contribution is 2.47. The van der Waals surface area contributed by atoms with Crippen LogP contribution >= 0.6 is 0 Å².